The maximum atomic E-state index is 13.1. The standard InChI is InChI=1S/C9H9FO2/c1-12-9(11)8(10)7-5-3-2-4-6-7/h2-6,8H,1H3. The molecule has 1 aromatic carbocycles. The van der Waals surface area contributed by atoms with Crippen LogP contribution in [0.1, 0.15) is 11.7 Å². The number of alkyl halides is 1. The first-order valence-electron chi connectivity index (χ1n) is 3.52. The molecule has 0 aliphatic carbocycles. The van der Waals surface area contributed by atoms with E-state index in [-0.39, 0.29) is 0 Å². The molecule has 0 spiro atoms. The summed E-state index contributed by atoms with van der Waals surface area (Å²) in [6, 6.07) is 8.19. The molecule has 0 saturated heterocycles. The van der Waals surface area contributed by atoms with E-state index in [2.05, 4.69) is 4.74 Å². The average Bonchev–Trinajstić information content (AvgIpc) is 2.17. The monoisotopic (exact) mass is 168 g/mol. The summed E-state index contributed by atoms with van der Waals surface area (Å²) in [5.74, 6) is -0.860. The number of ether oxygens (including phenoxy) is 1. The Labute approximate surface area is 70.0 Å². The summed E-state index contributed by atoms with van der Waals surface area (Å²) in [6.07, 6.45) is -1.67. The van der Waals surface area contributed by atoms with E-state index in [4.69, 9.17) is 0 Å². The van der Waals surface area contributed by atoms with E-state index < -0.39 is 12.1 Å². The predicted octanol–water partition coefficient (Wildman–Crippen LogP) is 1.87. The van der Waals surface area contributed by atoms with Gasteiger partial charge in [-0.15, -0.1) is 0 Å². The second-order valence-electron chi connectivity index (χ2n) is 2.30. The Morgan fingerprint density at radius 1 is 1.42 bits per heavy atom. The van der Waals surface area contributed by atoms with Crippen LogP contribution >= 0.6 is 0 Å². The molecule has 0 saturated carbocycles. The zero-order valence-electron chi connectivity index (χ0n) is 6.66. The normalized spacial score (nSPS) is 12.2. The Balaban J connectivity index is 2.78. The lowest BCUT2D eigenvalue weighted by atomic mass is 10.1. The van der Waals surface area contributed by atoms with E-state index in [1.165, 1.54) is 0 Å². The highest BCUT2D eigenvalue weighted by Crippen LogP contribution is 2.17. The Hall–Kier alpha value is -1.38. The zero-order valence-corrected chi connectivity index (χ0v) is 6.66. The highest BCUT2D eigenvalue weighted by molar-refractivity contribution is 5.76. The number of methoxy groups -OCH3 is 1. The van der Waals surface area contributed by atoms with Gasteiger partial charge in [-0.2, -0.15) is 0 Å². The van der Waals surface area contributed by atoms with Crippen LogP contribution in [0.5, 0.6) is 0 Å². The van der Waals surface area contributed by atoms with Gasteiger partial charge in [0.1, 0.15) is 0 Å². The van der Waals surface area contributed by atoms with Crippen molar-refractivity contribution in [1.82, 2.24) is 0 Å². The van der Waals surface area contributed by atoms with Crippen LogP contribution in [0.2, 0.25) is 0 Å². The van der Waals surface area contributed by atoms with Gasteiger partial charge in [0.15, 0.2) is 0 Å². The van der Waals surface area contributed by atoms with Crippen LogP contribution in [-0.2, 0) is 9.53 Å². The van der Waals surface area contributed by atoms with E-state index in [0.717, 1.165) is 7.11 Å². The Kier molecular flexibility index (Phi) is 2.80. The van der Waals surface area contributed by atoms with Gasteiger partial charge in [0.25, 0.3) is 0 Å². The second kappa shape index (κ2) is 3.85. The van der Waals surface area contributed by atoms with Crippen molar-refractivity contribution in [3.05, 3.63) is 35.9 Å². The molecule has 12 heavy (non-hydrogen) atoms. The van der Waals surface area contributed by atoms with Gasteiger partial charge in [-0.25, -0.2) is 9.18 Å². The lowest BCUT2D eigenvalue weighted by Gasteiger charge is -2.04. The molecule has 1 unspecified atom stereocenters. The molecule has 0 aliphatic heterocycles. The molecule has 64 valence electrons. The van der Waals surface area contributed by atoms with E-state index in [9.17, 15) is 9.18 Å². The topological polar surface area (TPSA) is 26.3 Å². The number of hydrogen-bond donors (Lipinski definition) is 0. The fourth-order valence-corrected chi connectivity index (χ4v) is 0.862. The van der Waals surface area contributed by atoms with Crippen LogP contribution in [0.25, 0.3) is 0 Å². The van der Waals surface area contributed by atoms with Gasteiger partial charge in [0.05, 0.1) is 7.11 Å². The minimum Gasteiger partial charge on any atom is -0.467 e. The van der Waals surface area contributed by atoms with Crippen molar-refractivity contribution in [2.75, 3.05) is 7.11 Å². The highest BCUT2D eigenvalue weighted by atomic mass is 19.1. The van der Waals surface area contributed by atoms with Gasteiger partial charge >= 0.3 is 5.97 Å². The van der Waals surface area contributed by atoms with Crippen molar-refractivity contribution < 1.29 is 13.9 Å². The van der Waals surface area contributed by atoms with Crippen molar-refractivity contribution in [1.29, 1.82) is 0 Å². The second-order valence-corrected chi connectivity index (χ2v) is 2.30. The van der Waals surface area contributed by atoms with E-state index in [0.29, 0.717) is 5.56 Å². The lowest BCUT2D eigenvalue weighted by molar-refractivity contribution is -0.146. The Morgan fingerprint density at radius 3 is 2.50 bits per heavy atom. The highest BCUT2D eigenvalue weighted by Gasteiger charge is 2.18. The molecule has 3 heteroatoms. The average molecular weight is 168 g/mol. The Bertz CT molecular complexity index is 258. The molecular weight excluding hydrogens is 159 g/mol. The van der Waals surface area contributed by atoms with Gasteiger partial charge in [-0.1, -0.05) is 30.3 Å². The third-order valence-electron chi connectivity index (χ3n) is 1.50. The molecule has 0 amide bonds. The van der Waals surface area contributed by atoms with Gasteiger partial charge in [-0.05, 0) is 5.56 Å². The van der Waals surface area contributed by atoms with Crippen LogP contribution < -0.4 is 0 Å². The molecule has 0 aromatic heterocycles. The molecule has 1 atom stereocenters. The molecule has 1 aromatic rings. The SMILES string of the molecule is COC(=O)C(F)c1ccccc1. The first-order chi connectivity index (χ1) is 5.75. The minimum absolute atomic E-state index is 0.323. The number of carbonyl (C=O) groups is 1. The van der Waals surface area contributed by atoms with E-state index in [1.807, 2.05) is 0 Å². The maximum absolute atomic E-state index is 13.1. The van der Waals surface area contributed by atoms with Crippen molar-refractivity contribution in [2.24, 2.45) is 0 Å². The fraction of sp³-hybridized carbons (Fsp3) is 0.222. The summed E-state index contributed by atoms with van der Waals surface area (Å²) in [5, 5.41) is 0. The van der Waals surface area contributed by atoms with Crippen LogP contribution in [0, 0.1) is 0 Å². The van der Waals surface area contributed by atoms with Crippen LogP contribution in [-0.4, -0.2) is 13.1 Å². The largest absolute Gasteiger partial charge is 0.467 e. The summed E-state index contributed by atoms with van der Waals surface area (Å²) in [4.78, 5) is 10.7. The molecule has 0 N–H and O–H groups in total. The number of halogens is 1. The zero-order chi connectivity index (χ0) is 8.97. The number of carbonyl (C=O) groups excluding carboxylic acids is 1. The molecule has 0 fully saturated rings. The first kappa shape index (κ1) is 8.71. The summed E-state index contributed by atoms with van der Waals surface area (Å²) >= 11 is 0. The molecule has 0 radical (unpaired) electrons. The molecule has 0 bridgehead atoms. The minimum atomic E-state index is -1.67. The molecular formula is C9H9FO2. The van der Waals surface area contributed by atoms with Crippen LogP contribution in [0.4, 0.5) is 4.39 Å². The number of hydrogen-bond acceptors (Lipinski definition) is 2. The summed E-state index contributed by atoms with van der Waals surface area (Å²) in [7, 11) is 1.16. The number of esters is 1. The van der Waals surface area contributed by atoms with Crippen molar-refractivity contribution >= 4 is 5.97 Å². The van der Waals surface area contributed by atoms with Gasteiger partial charge in [0, 0.05) is 0 Å². The van der Waals surface area contributed by atoms with E-state index in [1.54, 1.807) is 30.3 Å². The molecule has 0 aliphatic rings. The summed E-state index contributed by atoms with van der Waals surface area (Å²) in [5.41, 5.74) is 0.323. The quantitative estimate of drug-likeness (QED) is 0.630. The van der Waals surface area contributed by atoms with Crippen molar-refractivity contribution in [2.45, 2.75) is 6.17 Å². The molecule has 1 rings (SSSR count). The summed E-state index contributed by atoms with van der Waals surface area (Å²) < 4.78 is 17.3. The van der Waals surface area contributed by atoms with Gasteiger partial charge in [-0.3, -0.25) is 0 Å². The Morgan fingerprint density at radius 2 is 2.00 bits per heavy atom. The van der Waals surface area contributed by atoms with Crippen LogP contribution in [0.3, 0.4) is 0 Å². The molecule has 2 nitrogen and oxygen atoms in total. The third kappa shape index (κ3) is 1.81. The van der Waals surface area contributed by atoms with Gasteiger partial charge in [0.2, 0.25) is 6.17 Å². The number of benzene rings is 1. The lowest BCUT2D eigenvalue weighted by Crippen LogP contribution is -2.09. The maximum Gasteiger partial charge on any atom is 0.345 e. The fourth-order valence-electron chi connectivity index (χ4n) is 0.862. The third-order valence-corrected chi connectivity index (χ3v) is 1.50. The van der Waals surface area contributed by atoms with Gasteiger partial charge < -0.3 is 4.74 Å². The number of rotatable bonds is 2. The molecule has 0 heterocycles. The van der Waals surface area contributed by atoms with E-state index >= 15 is 0 Å². The van der Waals surface area contributed by atoms with Crippen molar-refractivity contribution in [3.8, 4) is 0 Å². The summed E-state index contributed by atoms with van der Waals surface area (Å²) in [6.45, 7) is 0. The smallest absolute Gasteiger partial charge is 0.345 e. The first-order valence-corrected chi connectivity index (χ1v) is 3.52. The predicted molar refractivity (Wildman–Crippen MR) is 42.3 cm³/mol. The van der Waals surface area contributed by atoms with Crippen LogP contribution in [0.15, 0.2) is 30.3 Å². The van der Waals surface area contributed by atoms with Crippen molar-refractivity contribution in [3.63, 3.8) is 0 Å².